The van der Waals surface area contributed by atoms with E-state index in [4.69, 9.17) is 16.3 Å². The molecule has 2 aliphatic heterocycles. The molecule has 1 atom stereocenters. The number of hydrogen-bond acceptors (Lipinski definition) is 3. The van der Waals surface area contributed by atoms with Crippen molar-refractivity contribution in [1.29, 1.82) is 0 Å². The minimum absolute atomic E-state index is 0.0940. The van der Waals surface area contributed by atoms with Gasteiger partial charge in [0.25, 0.3) is 0 Å². The molecule has 2 aliphatic rings. The van der Waals surface area contributed by atoms with Crippen LogP contribution in [0.2, 0.25) is 0 Å². The highest BCUT2D eigenvalue weighted by Gasteiger charge is 2.36. The Kier molecular flexibility index (Phi) is 6.10. The predicted octanol–water partition coefficient (Wildman–Crippen LogP) is 1.25. The molecule has 0 aliphatic carbocycles. The van der Waals surface area contributed by atoms with Crippen LogP contribution in [0.5, 0.6) is 0 Å². The van der Waals surface area contributed by atoms with Crippen molar-refractivity contribution >= 4 is 23.4 Å². The van der Waals surface area contributed by atoms with Gasteiger partial charge in [-0.15, -0.1) is 11.6 Å². The lowest BCUT2D eigenvalue weighted by Gasteiger charge is -2.32. The summed E-state index contributed by atoms with van der Waals surface area (Å²) < 4.78 is 5.27. The number of morpholine rings is 1. The molecule has 0 aromatic carbocycles. The zero-order valence-electron chi connectivity index (χ0n) is 11.9. The Morgan fingerprint density at radius 2 is 1.90 bits per heavy atom. The van der Waals surface area contributed by atoms with E-state index in [1.165, 1.54) is 0 Å². The van der Waals surface area contributed by atoms with Crippen molar-refractivity contribution in [2.24, 2.45) is 0 Å². The number of unbranched alkanes of at least 4 members (excludes halogenated alkanes) is 1. The molecule has 0 aromatic heterocycles. The predicted molar refractivity (Wildman–Crippen MR) is 76.7 cm³/mol. The van der Waals surface area contributed by atoms with E-state index >= 15 is 0 Å². The minimum atomic E-state index is -0.253. The third-order valence-electron chi connectivity index (χ3n) is 3.96. The lowest BCUT2D eigenvalue weighted by atomic mass is 10.1. The summed E-state index contributed by atoms with van der Waals surface area (Å²) >= 11 is 5.63. The molecule has 20 heavy (non-hydrogen) atoms. The summed E-state index contributed by atoms with van der Waals surface area (Å²) in [6.45, 7) is 3.19. The van der Waals surface area contributed by atoms with Crippen molar-refractivity contribution in [3.8, 4) is 0 Å². The quantitative estimate of drug-likeness (QED) is 0.567. The molecule has 0 aromatic rings. The maximum atomic E-state index is 12.5. The summed E-state index contributed by atoms with van der Waals surface area (Å²) in [7, 11) is 0. The zero-order chi connectivity index (χ0) is 14.4. The first-order chi connectivity index (χ1) is 9.74. The fraction of sp³-hybridized carbons (Fsp3) is 0.857. The maximum absolute atomic E-state index is 12.5. The highest BCUT2D eigenvalue weighted by Crippen LogP contribution is 2.21. The Hall–Kier alpha value is -0.810. The molecule has 2 saturated heterocycles. The van der Waals surface area contributed by atoms with Gasteiger partial charge in [-0.25, -0.2) is 0 Å². The number of ether oxygens (including phenoxy) is 1. The van der Waals surface area contributed by atoms with Crippen LogP contribution in [0.25, 0.3) is 0 Å². The van der Waals surface area contributed by atoms with E-state index < -0.39 is 0 Å². The van der Waals surface area contributed by atoms with Crippen LogP contribution in [0.4, 0.5) is 0 Å². The van der Waals surface area contributed by atoms with Crippen molar-refractivity contribution in [3.05, 3.63) is 0 Å². The summed E-state index contributed by atoms with van der Waals surface area (Å²) in [5.74, 6) is 0.777. The summed E-state index contributed by atoms with van der Waals surface area (Å²) in [6, 6.07) is -0.253. The number of hydrogen-bond donors (Lipinski definition) is 0. The maximum Gasteiger partial charge on any atom is 0.245 e. The summed E-state index contributed by atoms with van der Waals surface area (Å²) in [5.41, 5.74) is 0. The van der Waals surface area contributed by atoms with E-state index in [1.54, 1.807) is 4.90 Å². The van der Waals surface area contributed by atoms with Gasteiger partial charge in [-0.1, -0.05) is 0 Å². The van der Waals surface area contributed by atoms with Gasteiger partial charge in [0.15, 0.2) is 0 Å². The molecule has 1 unspecified atom stereocenters. The van der Waals surface area contributed by atoms with Gasteiger partial charge in [-0.2, -0.15) is 0 Å². The normalized spacial score (nSPS) is 23.1. The molecule has 0 spiro atoms. The van der Waals surface area contributed by atoms with Crippen LogP contribution < -0.4 is 0 Å². The lowest BCUT2D eigenvalue weighted by Crippen LogP contribution is -2.51. The van der Waals surface area contributed by atoms with Crippen LogP contribution >= 0.6 is 11.6 Å². The van der Waals surface area contributed by atoms with Crippen LogP contribution in [0.3, 0.4) is 0 Å². The number of halogens is 1. The second-order valence-electron chi connectivity index (χ2n) is 5.33. The molecule has 5 nitrogen and oxygen atoms in total. The second-order valence-corrected chi connectivity index (χ2v) is 5.71. The standard InChI is InChI=1S/C14H23ClN2O3/c15-6-2-1-5-13(18)17-7-3-4-12(17)14(19)16-8-10-20-11-9-16/h12H,1-11H2. The number of carbonyl (C=O) groups is 2. The minimum Gasteiger partial charge on any atom is -0.378 e. The monoisotopic (exact) mass is 302 g/mol. The molecule has 6 heteroatoms. The van der Waals surface area contributed by atoms with Crippen molar-refractivity contribution in [2.45, 2.75) is 38.1 Å². The molecule has 2 amide bonds. The third-order valence-corrected chi connectivity index (χ3v) is 4.22. The fourth-order valence-corrected chi connectivity index (χ4v) is 3.02. The SMILES string of the molecule is O=C(C1CCCN1C(=O)CCCCCl)N1CCOCC1. The van der Waals surface area contributed by atoms with Gasteiger partial charge in [0, 0.05) is 31.9 Å². The number of rotatable bonds is 5. The summed E-state index contributed by atoms with van der Waals surface area (Å²) in [5, 5.41) is 0. The molecule has 2 fully saturated rings. The van der Waals surface area contributed by atoms with E-state index in [0.717, 1.165) is 25.7 Å². The van der Waals surface area contributed by atoms with Crippen LogP contribution in [0, 0.1) is 0 Å². The van der Waals surface area contributed by atoms with Crippen LogP contribution in [0.1, 0.15) is 32.1 Å². The highest BCUT2D eigenvalue weighted by atomic mass is 35.5. The van der Waals surface area contributed by atoms with E-state index in [1.807, 2.05) is 4.90 Å². The van der Waals surface area contributed by atoms with E-state index in [9.17, 15) is 9.59 Å². The molecule has 0 N–H and O–H groups in total. The molecule has 0 radical (unpaired) electrons. The molecule has 0 bridgehead atoms. The molecular weight excluding hydrogens is 280 g/mol. The van der Waals surface area contributed by atoms with E-state index in [0.29, 0.717) is 45.1 Å². The first-order valence-corrected chi connectivity index (χ1v) is 7.99. The zero-order valence-corrected chi connectivity index (χ0v) is 12.6. The Balaban J connectivity index is 1.88. The molecule has 0 saturated carbocycles. The van der Waals surface area contributed by atoms with Crippen molar-refractivity contribution in [3.63, 3.8) is 0 Å². The Morgan fingerprint density at radius 3 is 2.60 bits per heavy atom. The lowest BCUT2D eigenvalue weighted by molar-refractivity contribution is -0.146. The number of nitrogens with zero attached hydrogens (tertiary/aromatic N) is 2. The Bertz CT molecular complexity index is 345. The average Bonchev–Trinajstić information content (AvgIpc) is 2.97. The van der Waals surface area contributed by atoms with Gasteiger partial charge >= 0.3 is 0 Å². The fourth-order valence-electron chi connectivity index (χ4n) is 2.83. The van der Waals surface area contributed by atoms with Crippen molar-refractivity contribution in [1.82, 2.24) is 9.80 Å². The van der Waals surface area contributed by atoms with Crippen LogP contribution in [-0.4, -0.2) is 66.4 Å². The number of carbonyl (C=O) groups excluding carboxylic acids is 2. The highest BCUT2D eigenvalue weighted by molar-refractivity contribution is 6.17. The van der Waals surface area contributed by atoms with Gasteiger partial charge in [-0.05, 0) is 25.7 Å². The van der Waals surface area contributed by atoms with Gasteiger partial charge in [0.2, 0.25) is 11.8 Å². The smallest absolute Gasteiger partial charge is 0.245 e. The first kappa shape index (κ1) is 15.6. The third kappa shape index (κ3) is 3.85. The van der Waals surface area contributed by atoms with Gasteiger partial charge in [0.1, 0.15) is 6.04 Å². The van der Waals surface area contributed by atoms with Crippen LogP contribution in [-0.2, 0) is 14.3 Å². The van der Waals surface area contributed by atoms with Crippen molar-refractivity contribution in [2.75, 3.05) is 38.7 Å². The van der Waals surface area contributed by atoms with Crippen LogP contribution in [0.15, 0.2) is 0 Å². The van der Waals surface area contributed by atoms with Gasteiger partial charge in [-0.3, -0.25) is 9.59 Å². The molecule has 2 heterocycles. The van der Waals surface area contributed by atoms with Gasteiger partial charge in [0.05, 0.1) is 13.2 Å². The molecule has 2 rings (SSSR count). The van der Waals surface area contributed by atoms with E-state index in [2.05, 4.69) is 0 Å². The summed E-state index contributed by atoms with van der Waals surface area (Å²) in [4.78, 5) is 28.3. The second kappa shape index (κ2) is 7.84. The van der Waals surface area contributed by atoms with Crippen molar-refractivity contribution < 1.29 is 14.3 Å². The summed E-state index contributed by atoms with van der Waals surface area (Å²) in [6.07, 6.45) is 3.86. The number of amides is 2. The Labute approximate surface area is 125 Å². The van der Waals surface area contributed by atoms with E-state index in [-0.39, 0.29) is 17.9 Å². The topological polar surface area (TPSA) is 49.9 Å². The number of likely N-dealkylation sites (tertiary alicyclic amines) is 1. The Morgan fingerprint density at radius 1 is 1.15 bits per heavy atom. The first-order valence-electron chi connectivity index (χ1n) is 7.46. The van der Waals surface area contributed by atoms with Gasteiger partial charge < -0.3 is 14.5 Å². The molecule has 114 valence electrons. The largest absolute Gasteiger partial charge is 0.378 e. The number of alkyl halides is 1. The molecular formula is C14H23ClN2O3. The average molecular weight is 303 g/mol.